The summed E-state index contributed by atoms with van der Waals surface area (Å²) in [5.74, 6) is -1.28. The topological polar surface area (TPSA) is 117 Å². The third-order valence-electron chi connectivity index (χ3n) is 6.35. The molecule has 2 aromatic heterocycles. The van der Waals surface area contributed by atoms with E-state index in [4.69, 9.17) is 9.47 Å². The maximum absolute atomic E-state index is 13.4. The van der Waals surface area contributed by atoms with Crippen LogP contribution in [0.3, 0.4) is 0 Å². The lowest BCUT2D eigenvalue weighted by molar-refractivity contribution is -0.137. The summed E-state index contributed by atoms with van der Waals surface area (Å²) < 4.78 is 63.9. The number of halogens is 4. The highest BCUT2D eigenvalue weighted by atomic mass is 19.4. The summed E-state index contributed by atoms with van der Waals surface area (Å²) in [4.78, 5) is 32.9. The molecule has 1 aliphatic rings. The van der Waals surface area contributed by atoms with Crippen molar-refractivity contribution < 1.29 is 36.6 Å². The van der Waals surface area contributed by atoms with E-state index in [1.54, 1.807) is 30.5 Å². The Morgan fingerprint density at radius 2 is 1.90 bits per heavy atom. The number of amides is 2. The number of rotatable bonds is 7. The van der Waals surface area contributed by atoms with Gasteiger partial charge in [-0.05, 0) is 42.0 Å². The van der Waals surface area contributed by atoms with Gasteiger partial charge in [0.1, 0.15) is 11.4 Å². The van der Waals surface area contributed by atoms with Crippen molar-refractivity contribution in [1.82, 2.24) is 20.6 Å². The minimum atomic E-state index is -4.73. The average Bonchev–Trinajstić information content (AvgIpc) is 3.58. The number of anilines is 2. The third kappa shape index (κ3) is 5.99. The molecule has 13 heteroatoms. The first-order chi connectivity index (χ1) is 19.1. The number of carbonyl (C=O) groups is 2. The van der Waals surface area contributed by atoms with Crippen LogP contribution in [0.1, 0.15) is 17.5 Å². The number of carbonyl (C=O) groups excluding carboxylic acids is 2. The van der Waals surface area contributed by atoms with Crippen molar-refractivity contribution in [1.29, 1.82) is 0 Å². The molecule has 40 heavy (non-hydrogen) atoms. The molecular formula is C27H23F4N5O4. The van der Waals surface area contributed by atoms with E-state index < -0.39 is 35.1 Å². The maximum Gasteiger partial charge on any atom is 0.418 e. The number of nitrogens with zero attached hydrogens (tertiary/aromatic N) is 1. The van der Waals surface area contributed by atoms with Crippen molar-refractivity contribution in [2.75, 3.05) is 18.5 Å². The molecule has 0 saturated carbocycles. The lowest BCUT2D eigenvalue weighted by atomic mass is 9.97. The number of hydrogen-bond donors (Lipinski definition) is 4. The molecule has 208 valence electrons. The summed E-state index contributed by atoms with van der Waals surface area (Å²) in [7, 11) is 0. The highest BCUT2D eigenvalue weighted by Crippen LogP contribution is 2.36. The average molecular weight is 558 g/mol. The molecule has 0 radical (unpaired) electrons. The first kappa shape index (κ1) is 26.9. The summed E-state index contributed by atoms with van der Waals surface area (Å²) in [5.41, 5.74) is -0.390. The van der Waals surface area contributed by atoms with Crippen LogP contribution < -0.4 is 20.7 Å². The van der Waals surface area contributed by atoms with Crippen LogP contribution in [0.4, 0.5) is 33.7 Å². The van der Waals surface area contributed by atoms with Crippen LogP contribution >= 0.6 is 0 Å². The quantitative estimate of drug-likeness (QED) is 0.237. The van der Waals surface area contributed by atoms with Crippen molar-refractivity contribution in [2.45, 2.75) is 24.7 Å². The summed E-state index contributed by atoms with van der Waals surface area (Å²) >= 11 is 0. The van der Waals surface area contributed by atoms with Crippen LogP contribution in [0, 0.1) is 5.82 Å². The monoisotopic (exact) mass is 557 g/mol. The number of pyridine rings is 1. The van der Waals surface area contributed by atoms with E-state index in [2.05, 4.69) is 25.9 Å². The molecule has 0 unspecified atom stereocenters. The lowest BCUT2D eigenvalue weighted by Crippen LogP contribution is -2.59. The SMILES string of the molecule is O=C(N[C@@]1(C(=O)NCc2ccc(Nc3ccc(F)cc3C(F)(F)F)cc2)CCOC1)Oc1cnc2cc[nH]c2c1. The zero-order valence-electron chi connectivity index (χ0n) is 20.8. The van der Waals surface area contributed by atoms with Crippen LogP contribution in [0.25, 0.3) is 11.0 Å². The van der Waals surface area contributed by atoms with Crippen molar-refractivity contribution in [2.24, 2.45) is 0 Å². The Kier molecular flexibility index (Phi) is 7.30. The molecule has 3 heterocycles. The van der Waals surface area contributed by atoms with Crippen LogP contribution in [0.2, 0.25) is 0 Å². The second-order valence-corrected chi connectivity index (χ2v) is 9.17. The molecule has 1 aliphatic heterocycles. The number of aromatic nitrogens is 2. The van der Waals surface area contributed by atoms with Gasteiger partial charge in [-0.2, -0.15) is 13.2 Å². The van der Waals surface area contributed by atoms with Gasteiger partial charge in [0.05, 0.1) is 35.1 Å². The fourth-order valence-corrected chi connectivity index (χ4v) is 4.27. The molecule has 2 amide bonds. The number of aromatic amines is 1. The van der Waals surface area contributed by atoms with Gasteiger partial charge in [-0.15, -0.1) is 0 Å². The van der Waals surface area contributed by atoms with E-state index in [1.165, 1.54) is 18.3 Å². The molecule has 5 rings (SSSR count). The van der Waals surface area contributed by atoms with Gasteiger partial charge in [-0.25, -0.2) is 9.18 Å². The molecular weight excluding hydrogens is 534 g/mol. The number of nitrogens with one attached hydrogen (secondary N) is 4. The van der Waals surface area contributed by atoms with Crippen LogP contribution in [0.15, 0.2) is 67.0 Å². The fourth-order valence-electron chi connectivity index (χ4n) is 4.27. The summed E-state index contributed by atoms with van der Waals surface area (Å²) in [6, 6.07) is 12.1. The van der Waals surface area contributed by atoms with Gasteiger partial charge in [0.2, 0.25) is 5.91 Å². The fraction of sp³-hybridized carbons (Fsp3) is 0.222. The largest absolute Gasteiger partial charge is 0.418 e. The van der Waals surface area contributed by atoms with E-state index in [-0.39, 0.29) is 37.6 Å². The summed E-state index contributed by atoms with van der Waals surface area (Å²) in [6.45, 7) is 0.284. The predicted molar refractivity (Wildman–Crippen MR) is 136 cm³/mol. The van der Waals surface area contributed by atoms with Gasteiger partial charge in [-0.3, -0.25) is 9.78 Å². The number of hydrogen-bond acceptors (Lipinski definition) is 6. The van der Waals surface area contributed by atoms with E-state index in [1.807, 2.05) is 0 Å². The lowest BCUT2D eigenvalue weighted by Gasteiger charge is -2.27. The number of H-pyrrole nitrogens is 1. The number of ether oxygens (including phenoxy) is 2. The molecule has 1 fully saturated rings. The Morgan fingerprint density at radius 1 is 1.10 bits per heavy atom. The van der Waals surface area contributed by atoms with Gasteiger partial charge < -0.3 is 30.4 Å². The van der Waals surface area contributed by atoms with Crippen LogP contribution in [-0.4, -0.2) is 40.7 Å². The number of benzene rings is 2. The molecule has 4 N–H and O–H groups in total. The molecule has 2 aromatic carbocycles. The molecule has 4 aromatic rings. The Hall–Kier alpha value is -4.65. The molecule has 9 nitrogen and oxygen atoms in total. The highest BCUT2D eigenvalue weighted by molar-refractivity contribution is 5.91. The number of alkyl halides is 3. The van der Waals surface area contributed by atoms with Gasteiger partial charge in [0.15, 0.2) is 5.75 Å². The van der Waals surface area contributed by atoms with E-state index >= 15 is 0 Å². The third-order valence-corrected chi connectivity index (χ3v) is 6.35. The molecule has 1 saturated heterocycles. The van der Waals surface area contributed by atoms with Gasteiger partial charge in [0.25, 0.3) is 0 Å². The summed E-state index contributed by atoms with van der Waals surface area (Å²) in [5, 5.41) is 8.01. The molecule has 1 atom stereocenters. The van der Waals surface area contributed by atoms with Gasteiger partial charge >= 0.3 is 12.3 Å². The number of fused-ring (bicyclic) bond motifs is 1. The Labute approximate surface area is 224 Å². The Morgan fingerprint density at radius 3 is 2.62 bits per heavy atom. The van der Waals surface area contributed by atoms with Crippen LogP contribution in [-0.2, 0) is 22.3 Å². The first-order valence-corrected chi connectivity index (χ1v) is 12.1. The normalized spacial score (nSPS) is 17.0. The predicted octanol–water partition coefficient (Wildman–Crippen LogP) is 5.03. The molecule has 0 spiro atoms. The molecule has 0 bridgehead atoms. The van der Waals surface area contributed by atoms with E-state index in [0.717, 1.165) is 12.1 Å². The van der Waals surface area contributed by atoms with Crippen molar-refractivity contribution >= 4 is 34.4 Å². The van der Waals surface area contributed by atoms with E-state index in [0.29, 0.717) is 28.4 Å². The van der Waals surface area contributed by atoms with E-state index in [9.17, 15) is 27.2 Å². The highest BCUT2D eigenvalue weighted by Gasteiger charge is 2.44. The summed E-state index contributed by atoms with van der Waals surface area (Å²) in [6.07, 6.45) is -2.25. The first-order valence-electron chi connectivity index (χ1n) is 12.1. The van der Waals surface area contributed by atoms with Crippen LogP contribution in [0.5, 0.6) is 5.75 Å². The van der Waals surface area contributed by atoms with Crippen molar-refractivity contribution in [3.8, 4) is 5.75 Å². The van der Waals surface area contributed by atoms with Crippen molar-refractivity contribution in [3.63, 3.8) is 0 Å². The smallest absolute Gasteiger partial charge is 0.409 e. The zero-order chi connectivity index (χ0) is 28.3. The maximum atomic E-state index is 13.4. The van der Waals surface area contributed by atoms with Crippen molar-refractivity contribution in [3.05, 3.63) is 83.9 Å². The Bertz CT molecular complexity index is 1530. The van der Waals surface area contributed by atoms with Gasteiger partial charge in [0, 0.05) is 37.5 Å². The second kappa shape index (κ2) is 10.8. The standard InChI is InChI=1S/C27H23F4N5O4/c28-17-3-6-21(20(11-17)27(29,30)31)35-18-4-1-16(2-5-18)13-34-24(37)26(8-10-39-15-26)36-25(38)40-19-12-23-22(33-14-19)7-9-32-23/h1-7,9,11-12,14,32,35H,8,10,13,15H2,(H,34,37)(H,36,38)/t26-/m0/s1. The minimum Gasteiger partial charge on any atom is -0.409 e. The zero-order valence-corrected chi connectivity index (χ0v) is 20.8. The minimum absolute atomic E-state index is 0.0517. The van der Waals surface area contributed by atoms with Gasteiger partial charge in [-0.1, -0.05) is 12.1 Å². The second-order valence-electron chi connectivity index (χ2n) is 9.17. The Balaban J connectivity index is 1.20. The molecule has 0 aliphatic carbocycles.